The summed E-state index contributed by atoms with van der Waals surface area (Å²) in [5.74, 6) is 0. The molecule has 0 aliphatic rings. The van der Waals surface area contributed by atoms with Crippen LogP contribution in [-0.4, -0.2) is 34.7 Å². The molecule has 7 heteroatoms. The lowest BCUT2D eigenvalue weighted by Crippen LogP contribution is -1.89. The average molecular weight is 529 g/mol. The van der Waals surface area contributed by atoms with Gasteiger partial charge in [-0.25, -0.2) is 0 Å². The molecule has 0 bridgehead atoms. The summed E-state index contributed by atoms with van der Waals surface area (Å²) >= 11 is 0. The summed E-state index contributed by atoms with van der Waals surface area (Å²) in [6, 6.07) is 0. The van der Waals surface area contributed by atoms with E-state index in [2.05, 4.69) is 20.8 Å². The smallest absolute Gasteiger partial charge is 0.394 e. The molecule has 0 radical (unpaired) electrons. The minimum absolute atomic E-state index is 0. The Labute approximate surface area is 220 Å². The van der Waals surface area contributed by atoms with Gasteiger partial charge in [0.15, 0.2) is 0 Å². The molecule has 0 aromatic carbocycles. The summed E-state index contributed by atoms with van der Waals surface area (Å²) < 4.78 is 31.6. The first-order valence-electron chi connectivity index (χ1n) is 14.6. The highest BCUT2D eigenvalue weighted by molar-refractivity contribution is 7.79. The third-order valence-electron chi connectivity index (χ3n) is 5.97. The summed E-state index contributed by atoms with van der Waals surface area (Å²) in [5.41, 5.74) is 0. The Bertz CT molecular complexity index is 397. The van der Waals surface area contributed by atoms with E-state index in [1.165, 1.54) is 148 Å². The van der Waals surface area contributed by atoms with Gasteiger partial charge in [0.1, 0.15) is 0 Å². The van der Waals surface area contributed by atoms with Crippen LogP contribution in [0.5, 0.6) is 0 Å². The van der Waals surface area contributed by atoms with Crippen molar-refractivity contribution in [2.24, 2.45) is 0 Å². The molecule has 5 N–H and O–H groups in total. The molecule has 0 saturated heterocycles. The molecule has 0 heterocycles. The second-order valence-corrected chi connectivity index (χ2v) is 10.5. The van der Waals surface area contributed by atoms with Crippen molar-refractivity contribution >= 4 is 10.4 Å². The van der Waals surface area contributed by atoms with E-state index >= 15 is 0 Å². The quantitative estimate of drug-likeness (QED) is 0.0901. The Morgan fingerprint density at radius 2 is 0.543 bits per heavy atom. The van der Waals surface area contributed by atoms with E-state index in [9.17, 15) is 0 Å². The first-order valence-corrected chi connectivity index (χ1v) is 16.0. The SMILES string of the molecule is CCCCCCCCCCCCCC.CCCCCCCCCCCCCCO.O.O=S(=O)(O)O. The fourth-order valence-electron chi connectivity index (χ4n) is 3.87. The minimum Gasteiger partial charge on any atom is -0.412 e. The molecule has 6 nitrogen and oxygen atoms in total. The van der Waals surface area contributed by atoms with Gasteiger partial charge in [-0.3, -0.25) is 9.11 Å². The average Bonchev–Trinajstić information content (AvgIpc) is 2.78. The highest BCUT2D eigenvalue weighted by atomic mass is 32.3. The van der Waals surface area contributed by atoms with Crippen LogP contribution in [0.1, 0.15) is 175 Å². The number of hydrogen-bond acceptors (Lipinski definition) is 3. The van der Waals surface area contributed by atoms with Gasteiger partial charge < -0.3 is 10.6 Å². The van der Waals surface area contributed by atoms with Crippen LogP contribution in [0.25, 0.3) is 0 Å². The van der Waals surface area contributed by atoms with Crippen molar-refractivity contribution in [2.75, 3.05) is 6.61 Å². The molecule has 0 atom stereocenters. The molecular weight excluding hydrogens is 464 g/mol. The fraction of sp³-hybridized carbons (Fsp3) is 1.00. The van der Waals surface area contributed by atoms with E-state index in [4.69, 9.17) is 22.6 Å². The van der Waals surface area contributed by atoms with Crippen LogP contribution < -0.4 is 0 Å². The molecule has 35 heavy (non-hydrogen) atoms. The molecule has 0 saturated carbocycles. The maximum Gasteiger partial charge on any atom is 0.394 e. The minimum atomic E-state index is -4.67. The van der Waals surface area contributed by atoms with Gasteiger partial charge >= 0.3 is 10.4 Å². The zero-order valence-corrected chi connectivity index (χ0v) is 24.6. The molecule has 0 aliphatic carbocycles. The molecule has 0 spiro atoms. The lowest BCUT2D eigenvalue weighted by molar-refractivity contribution is 0.282. The molecule has 0 amide bonds. The van der Waals surface area contributed by atoms with Gasteiger partial charge in [-0.1, -0.05) is 168 Å². The summed E-state index contributed by atoms with van der Waals surface area (Å²) in [4.78, 5) is 0. The zero-order chi connectivity index (χ0) is 26.2. The Balaban J connectivity index is -0.000000225. The van der Waals surface area contributed by atoms with Crippen molar-refractivity contribution in [1.82, 2.24) is 0 Å². The molecule has 0 aromatic rings. The van der Waals surface area contributed by atoms with Crippen LogP contribution in [0.3, 0.4) is 0 Å². The van der Waals surface area contributed by atoms with E-state index in [1.807, 2.05) is 0 Å². The van der Waals surface area contributed by atoms with Crippen molar-refractivity contribution in [3.05, 3.63) is 0 Å². The van der Waals surface area contributed by atoms with Crippen LogP contribution in [-0.2, 0) is 10.4 Å². The summed E-state index contributed by atoms with van der Waals surface area (Å²) in [6.07, 6.45) is 33.7. The molecule has 0 aromatic heterocycles. The van der Waals surface area contributed by atoms with Gasteiger partial charge in [0.25, 0.3) is 0 Å². The maximum absolute atomic E-state index is 8.74. The van der Waals surface area contributed by atoms with E-state index in [0.29, 0.717) is 6.61 Å². The van der Waals surface area contributed by atoms with E-state index in [0.717, 1.165) is 6.42 Å². The Morgan fingerprint density at radius 3 is 0.686 bits per heavy atom. The number of hydrogen-bond donors (Lipinski definition) is 3. The summed E-state index contributed by atoms with van der Waals surface area (Å²) in [6.45, 7) is 7.21. The first-order chi connectivity index (χ1) is 16.3. The second kappa shape index (κ2) is 38.3. The third kappa shape index (κ3) is 65.7. The maximum atomic E-state index is 8.74. The normalized spacial score (nSPS) is 10.6. The van der Waals surface area contributed by atoms with Crippen molar-refractivity contribution < 1.29 is 28.1 Å². The third-order valence-corrected chi connectivity index (χ3v) is 5.97. The van der Waals surface area contributed by atoms with E-state index < -0.39 is 10.4 Å². The van der Waals surface area contributed by atoms with Gasteiger partial charge in [-0.2, -0.15) is 8.42 Å². The molecule has 0 aliphatic heterocycles. The second-order valence-electron chi connectivity index (χ2n) is 9.60. The predicted molar refractivity (Wildman–Crippen MR) is 153 cm³/mol. The number of aliphatic hydroxyl groups is 1. The Hall–Kier alpha value is -0.210. The van der Waals surface area contributed by atoms with Crippen LogP contribution in [0.15, 0.2) is 0 Å². The van der Waals surface area contributed by atoms with Gasteiger partial charge in [0.2, 0.25) is 0 Å². The number of aliphatic hydroxyl groups excluding tert-OH is 1. The fourth-order valence-corrected chi connectivity index (χ4v) is 3.87. The van der Waals surface area contributed by atoms with Crippen LogP contribution >= 0.6 is 0 Å². The molecule has 0 unspecified atom stereocenters. The largest absolute Gasteiger partial charge is 0.412 e. The highest BCUT2D eigenvalue weighted by Crippen LogP contribution is 2.12. The van der Waals surface area contributed by atoms with E-state index in [1.54, 1.807) is 0 Å². The van der Waals surface area contributed by atoms with Crippen molar-refractivity contribution in [2.45, 2.75) is 175 Å². The zero-order valence-electron chi connectivity index (χ0n) is 23.7. The Kier molecular flexibility index (Phi) is 45.9. The van der Waals surface area contributed by atoms with Crippen molar-refractivity contribution in [3.8, 4) is 0 Å². The highest BCUT2D eigenvalue weighted by Gasteiger charge is 1.93. The molecular formula is C28H64O6S. The predicted octanol–water partition coefficient (Wildman–Crippen LogP) is 8.91. The summed E-state index contributed by atoms with van der Waals surface area (Å²) in [7, 11) is -4.67. The van der Waals surface area contributed by atoms with Gasteiger partial charge in [0.05, 0.1) is 0 Å². The molecule has 0 rings (SSSR count). The van der Waals surface area contributed by atoms with Crippen molar-refractivity contribution in [3.63, 3.8) is 0 Å². The standard InChI is InChI=1S/C14H30O.C14H30.H2O4S.H2O/c1-2-3-4-5-6-7-8-9-10-11-12-13-14-15;1-3-5-7-9-11-13-14-12-10-8-6-4-2;1-5(2,3)4;/h15H,2-14H2,1H3;3-14H2,1-2H3;(H2,1,2,3,4);1H2. The number of unbranched alkanes of at least 4 members (excludes halogenated alkanes) is 22. The monoisotopic (exact) mass is 528 g/mol. The topological polar surface area (TPSA) is 126 Å². The van der Waals surface area contributed by atoms with Gasteiger partial charge in [-0.05, 0) is 6.42 Å². The molecule has 0 fully saturated rings. The lowest BCUT2D eigenvalue weighted by Gasteiger charge is -2.01. The number of rotatable bonds is 23. The van der Waals surface area contributed by atoms with Crippen molar-refractivity contribution in [1.29, 1.82) is 0 Å². The van der Waals surface area contributed by atoms with Crippen LogP contribution in [0, 0.1) is 0 Å². The van der Waals surface area contributed by atoms with Crippen LogP contribution in [0.4, 0.5) is 0 Å². The van der Waals surface area contributed by atoms with Crippen LogP contribution in [0.2, 0.25) is 0 Å². The van der Waals surface area contributed by atoms with E-state index in [-0.39, 0.29) is 5.48 Å². The summed E-state index contributed by atoms with van der Waals surface area (Å²) in [5, 5.41) is 8.61. The van der Waals surface area contributed by atoms with Gasteiger partial charge in [0, 0.05) is 6.61 Å². The Morgan fingerprint density at radius 1 is 0.400 bits per heavy atom. The lowest BCUT2D eigenvalue weighted by atomic mass is 10.1. The molecule has 218 valence electrons. The first kappa shape index (κ1) is 41.9. The van der Waals surface area contributed by atoms with Gasteiger partial charge in [-0.15, -0.1) is 0 Å².